The van der Waals surface area contributed by atoms with Gasteiger partial charge in [0, 0.05) is 43.9 Å². The molecule has 1 aliphatic carbocycles. The van der Waals surface area contributed by atoms with Crippen LogP contribution in [0.1, 0.15) is 69.2 Å². The van der Waals surface area contributed by atoms with Gasteiger partial charge in [0.15, 0.2) is 0 Å². The lowest BCUT2D eigenvalue weighted by molar-refractivity contribution is 0.1000. The summed E-state index contributed by atoms with van der Waals surface area (Å²) in [5, 5.41) is 13.5. The van der Waals surface area contributed by atoms with Crippen molar-refractivity contribution in [2.75, 3.05) is 37.5 Å². The third-order valence-corrected chi connectivity index (χ3v) is 9.42. The van der Waals surface area contributed by atoms with Gasteiger partial charge in [-0.1, -0.05) is 61.2 Å². The fourth-order valence-corrected chi connectivity index (χ4v) is 6.72. The maximum absolute atomic E-state index is 12.0. The minimum Gasteiger partial charge on any atom is -0.491 e. The number of aliphatic hydroxyl groups excluding tert-OH is 1. The van der Waals surface area contributed by atoms with E-state index in [1.165, 1.54) is 36.8 Å². The molecule has 2 aliphatic rings. The summed E-state index contributed by atoms with van der Waals surface area (Å²) < 4.78 is 6.30. The van der Waals surface area contributed by atoms with Crippen molar-refractivity contribution < 1.29 is 16.1 Å². The molecule has 0 saturated heterocycles. The Kier molecular flexibility index (Phi) is 14.4. The van der Waals surface area contributed by atoms with Gasteiger partial charge in [-0.05, 0) is 98.6 Å². The van der Waals surface area contributed by atoms with Crippen LogP contribution in [0.3, 0.4) is 0 Å². The first-order valence-corrected chi connectivity index (χ1v) is 16.4. The molecular weight excluding hydrogens is 554 g/mol. The average molecular weight is 604 g/mol. The molecule has 228 valence electrons. The van der Waals surface area contributed by atoms with Gasteiger partial charge in [0.1, 0.15) is 5.75 Å². The molecule has 0 radical (unpaired) electrons. The summed E-state index contributed by atoms with van der Waals surface area (Å²) in [7, 11) is 1.00. The Hall–Kier alpha value is -2.19. The number of amides is 1. The van der Waals surface area contributed by atoms with Crippen molar-refractivity contribution in [3.63, 3.8) is 0 Å². The molecule has 41 heavy (non-hydrogen) atoms. The van der Waals surface area contributed by atoms with Crippen LogP contribution in [-0.4, -0.2) is 43.6 Å². The second-order valence-corrected chi connectivity index (χ2v) is 12.4. The normalized spacial score (nSPS) is 20.7. The number of hydrogen-bond donors (Lipinski definition) is 3. The van der Waals surface area contributed by atoms with Crippen molar-refractivity contribution in [3.8, 4) is 5.75 Å². The average Bonchev–Trinajstić information content (AvgIpc) is 3.14. The molecule has 8 heteroatoms. The first kappa shape index (κ1) is 33.3. The summed E-state index contributed by atoms with van der Waals surface area (Å²) in [6.07, 6.45) is 13.9. The Morgan fingerprint density at radius 2 is 2.02 bits per heavy atom. The van der Waals surface area contributed by atoms with Crippen molar-refractivity contribution in [2.24, 2.45) is 34.5 Å². The zero-order valence-electron chi connectivity index (χ0n) is 24.6. The van der Waals surface area contributed by atoms with Crippen LogP contribution >= 0.6 is 23.5 Å². The first-order chi connectivity index (χ1) is 20.0. The Labute approximate surface area is 257 Å². The fourth-order valence-electron chi connectivity index (χ4n) is 5.87. The lowest BCUT2D eigenvalue weighted by atomic mass is 9.71. The standard InChI is InChI=1S/C32H44ClN3O2S.CH4O.H2/c1-2-23(22-39-35)7-3-4-11-26-13-14-28(26)20-36-19-25(10-5-8-24-9-6-12-29(33)17-24)21-38-31-16-15-27(32(34)37)18-30(31)36;1-2;/h3-4,6,9,12,15-18,23,25-26,28H,2,5,7-8,10-11,13-14,19-22,35H2,1H3,(H2,34,37);2H,1H3;1H/b4-3+;;/t23-,25?,26+,28-;;/m0../s1. The van der Waals surface area contributed by atoms with Crippen LogP contribution in [0.4, 0.5) is 5.69 Å². The van der Waals surface area contributed by atoms with E-state index in [1.54, 1.807) is 6.07 Å². The van der Waals surface area contributed by atoms with Crippen molar-refractivity contribution in [1.29, 1.82) is 0 Å². The summed E-state index contributed by atoms with van der Waals surface area (Å²) >= 11 is 7.64. The quantitative estimate of drug-likeness (QED) is 0.157. The summed E-state index contributed by atoms with van der Waals surface area (Å²) in [5.74, 6) is 3.92. The number of benzene rings is 2. The molecule has 2 aromatic rings. The molecule has 0 aromatic heterocycles. The molecule has 4 atom stereocenters. The van der Waals surface area contributed by atoms with Gasteiger partial charge in [-0.25, -0.2) is 0 Å². The van der Waals surface area contributed by atoms with Crippen LogP contribution in [0.5, 0.6) is 5.75 Å². The van der Waals surface area contributed by atoms with Crippen molar-refractivity contribution in [1.82, 2.24) is 0 Å². The zero-order valence-corrected chi connectivity index (χ0v) is 26.2. The van der Waals surface area contributed by atoms with E-state index in [0.717, 1.165) is 74.5 Å². The molecule has 1 fully saturated rings. The molecule has 0 bridgehead atoms. The van der Waals surface area contributed by atoms with Gasteiger partial charge in [-0.2, -0.15) is 0 Å². The largest absolute Gasteiger partial charge is 0.491 e. The van der Waals surface area contributed by atoms with E-state index >= 15 is 0 Å². The highest BCUT2D eigenvalue weighted by Gasteiger charge is 2.33. The molecule has 1 saturated carbocycles. The van der Waals surface area contributed by atoms with Crippen molar-refractivity contribution >= 4 is 35.1 Å². The molecule has 1 unspecified atom stereocenters. The topological polar surface area (TPSA) is 102 Å². The lowest BCUT2D eigenvalue weighted by Gasteiger charge is -2.41. The van der Waals surface area contributed by atoms with Crippen LogP contribution in [0.2, 0.25) is 5.02 Å². The molecule has 4 rings (SSSR count). The monoisotopic (exact) mass is 603 g/mol. The maximum Gasteiger partial charge on any atom is 0.248 e. The number of ether oxygens (including phenoxy) is 1. The Balaban J connectivity index is 0.00000201. The number of aliphatic hydroxyl groups is 1. The third kappa shape index (κ3) is 10.2. The number of hydrogen-bond acceptors (Lipinski definition) is 6. The smallest absolute Gasteiger partial charge is 0.248 e. The van der Waals surface area contributed by atoms with E-state index in [9.17, 15) is 4.79 Å². The summed E-state index contributed by atoms with van der Waals surface area (Å²) in [5.41, 5.74) is 8.47. The van der Waals surface area contributed by atoms with Gasteiger partial charge < -0.3 is 20.5 Å². The number of rotatable bonds is 14. The number of aryl methyl sites for hydroxylation is 1. The number of halogens is 1. The lowest BCUT2D eigenvalue weighted by Crippen LogP contribution is -2.40. The number of anilines is 1. The second-order valence-electron chi connectivity index (χ2n) is 11.3. The van der Waals surface area contributed by atoms with E-state index in [2.05, 4.69) is 36.1 Å². The number of nitrogens with two attached hydrogens (primary N) is 2. The predicted octanol–water partition coefficient (Wildman–Crippen LogP) is 7.13. The number of fused-ring (bicyclic) bond motifs is 1. The number of nitrogens with zero attached hydrogens (tertiary/aromatic N) is 1. The molecule has 5 N–H and O–H groups in total. The highest BCUT2D eigenvalue weighted by atomic mass is 35.5. The van der Waals surface area contributed by atoms with Gasteiger partial charge >= 0.3 is 0 Å². The first-order valence-electron chi connectivity index (χ1n) is 14.9. The summed E-state index contributed by atoms with van der Waals surface area (Å²) in [4.78, 5) is 14.5. The minimum atomic E-state index is -0.398. The van der Waals surface area contributed by atoms with E-state index < -0.39 is 5.91 Å². The van der Waals surface area contributed by atoms with Gasteiger partial charge in [-0.3, -0.25) is 9.93 Å². The van der Waals surface area contributed by atoms with Crippen LogP contribution in [-0.2, 0) is 6.42 Å². The number of carbonyl (C=O) groups excluding carboxylic acids is 1. The highest BCUT2D eigenvalue weighted by Crippen LogP contribution is 2.41. The number of primary amides is 1. The van der Waals surface area contributed by atoms with E-state index in [0.29, 0.717) is 35.8 Å². The van der Waals surface area contributed by atoms with E-state index in [4.69, 9.17) is 32.3 Å². The molecule has 6 nitrogen and oxygen atoms in total. The van der Waals surface area contributed by atoms with Crippen LogP contribution < -0.4 is 20.5 Å². The van der Waals surface area contributed by atoms with Gasteiger partial charge in [0.2, 0.25) is 5.91 Å². The minimum absolute atomic E-state index is 0. The molecule has 1 heterocycles. The highest BCUT2D eigenvalue weighted by molar-refractivity contribution is 7.97. The van der Waals surface area contributed by atoms with Crippen LogP contribution in [0.15, 0.2) is 54.6 Å². The molecule has 0 spiro atoms. The summed E-state index contributed by atoms with van der Waals surface area (Å²) in [6, 6.07) is 13.8. The molecule has 1 amide bonds. The van der Waals surface area contributed by atoms with Crippen LogP contribution in [0.25, 0.3) is 0 Å². The van der Waals surface area contributed by atoms with E-state index in [1.807, 2.05) is 24.3 Å². The second kappa shape index (κ2) is 17.7. The van der Waals surface area contributed by atoms with E-state index in [-0.39, 0.29) is 1.43 Å². The molecular formula is C33H50ClN3O3S. The Morgan fingerprint density at radius 1 is 1.22 bits per heavy atom. The van der Waals surface area contributed by atoms with Crippen molar-refractivity contribution in [3.05, 3.63) is 70.8 Å². The van der Waals surface area contributed by atoms with Gasteiger partial charge in [0.25, 0.3) is 0 Å². The third-order valence-electron chi connectivity index (χ3n) is 8.52. The van der Waals surface area contributed by atoms with Crippen LogP contribution in [0, 0.1) is 23.7 Å². The van der Waals surface area contributed by atoms with Gasteiger partial charge in [0.05, 0.1) is 12.3 Å². The number of carbonyl (C=O) groups is 1. The zero-order chi connectivity index (χ0) is 29.6. The maximum atomic E-state index is 12.0. The fraction of sp³-hybridized carbons (Fsp3) is 0.545. The Morgan fingerprint density at radius 3 is 2.71 bits per heavy atom. The van der Waals surface area contributed by atoms with Crippen molar-refractivity contribution in [2.45, 2.75) is 58.3 Å². The SMILES string of the molecule is CC[C@@H](C/C=C/C[C@@H]1CC[C@H]1CN1CC(CCCc2cccc(Cl)c2)COc2ccc(C(N)=O)cc21)CSN.CO.[HH]. The molecule has 2 aromatic carbocycles. The van der Waals surface area contributed by atoms with Gasteiger partial charge in [-0.15, -0.1) is 0 Å². The molecule has 1 aliphatic heterocycles. The Bertz CT molecular complexity index is 1120. The number of allylic oxidation sites excluding steroid dienone is 2. The summed E-state index contributed by atoms with van der Waals surface area (Å²) in [6.45, 7) is 4.85. The predicted molar refractivity (Wildman–Crippen MR) is 176 cm³/mol.